The van der Waals surface area contributed by atoms with Crippen LogP contribution in [0.1, 0.15) is 41.6 Å². The average molecular weight is 709 g/mol. The highest BCUT2D eigenvalue weighted by atomic mass is 32.1. The summed E-state index contributed by atoms with van der Waals surface area (Å²) in [6.07, 6.45) is 2.98. The number of hydrogen-bond acceptors (Lipinski definition) is 10. The van der Waals surface area contributed by atoms with Gasteiger partial charge in [-0.05, 0) is 105 Å². The minimum absolute atomic E-state index is 0.0834. The number of benzene rings is 3. The number of phenols is 2. The lowest BCUT2D eigenvalue weighted by Crippen LogP contribution is -2.33. The normalized spacial score (nSPS) is 14.4. The monoisotopic (exact) mass is 708 g/mol. The van der Waals surface area contributed by atoms with Gasteiger partial charge >= 0.3 is 15.2 Å². The Kier molecular flexibility index (Phi) is 12.0. The van der Waals surface area contributed by atoms with Crippen molar-refractivity contribution < 1.29 is 53.6 Å². The van der Waals surface area contributed by atoms with E-state index in [2.05, 4.69) is 4.90 Å². The molecule has 4 aromatic rings. The molecule has 1 aliphatic heterocycles. The number of rotatable bonds is 11. The molecule has 0 saturated carbocycles. The summed E-state index contributed by atoms with van der Waals surface area (Å²) in [5, 5.41) is 26.2. The molecule has 0 spiro atoms. The van der Waals surface area contributed by atoms with Crippen LogP contribution >= 0.6 is 26.5 Å². The summed E-state index contributed by atoms with van der Waals surface area (Å²) in [6.45, 7) is 3.40. The summed E-state index contributed by atoms with van der Waals surface area (Å²) in [5.41, 5.74) is 6.89. The maximum atomic E-state index is 13.6. The van der Waals surface area contributed by atoms with E-state index in [9.17, 15) is 24.1 Å². The molecule has 1 aromatic heterocycles. The Hall–Kier alpha value is -3.13. The van der Waals surface area contributed by atoms with Crippen LogP contribution in [0.25, 0.3) is 20.5 Å². The highest BCUT2D eigenvalue weighted by Crippen LogP contribution is 2.68. The summed E-state index contributed by atoms with van der Waals surface area (Å²) in [5.74, 6) is 1.01. The van der Waals surface area contributed by atoms with Gasteiger partial charge in [-0.25, -0.2) is 0 Å². The molecule has 16 heteroatoms. The average Bonchev–Trinajstić information content (AvgIpc) is 3.40. The summed E-state index contributed by atoms with van der Waals surface area (Å²) >= 11 is 1.46. The summed E-state index contributed by atoms with van der Waals surface area (Å²) < 4.78 is 27.9. The molecule has 47 heavy (non-hydrogen) atoms. The van der Waals surface area contributed by atoms with Crippen LogP contribution < -0.4 is 10.5 Å². The summed E-state index contributed by atoms with van der Waals surface area (Å²) in [6, 6.07) is 19.2. The lowest BCUT2D eigenvalue weighted by Gasteiger charge is -2.28. The largest absolute Gasteiger partial charge is 0.508 e. The van der Waals surface area contributed by atoms with Gasteiger partial charge < -0.3 is 45.4 Å². The van der Waals surface area contributed by atoms with E-state index < -0.39 is 33.2 Å². The van der Waals surface area contributed by atoms with Gasteiger partial charge in [-0.3, -0.25) is 18.8 Å². The SMILES string of the molecule is NCCC(O)(P(=O)(O)O)P(=O)(O)O.O=C(c1ccc(OCCN2CCCCC2)cc1)c1c(-c2ccc(O)cc2)sc2cc(O)ccc12. The summed E-state index contributed by atoms with van der Waals surface area (Å²) in [7, 11) is -10.6. The molecule has 9 N–H and O–H groups in total. The summed E-state index contributed by atoms with van der Waals surface area (Å²) in [4.78, 5) is 51.0. The zero-order valence-corrected chi connectivity index (χ0v) is 27.9. The van der Waals surface area contributed by atoms with Crippen molar-refractivity contribution in [2.24, 2.45) is 5.73 Å². The Morgan fingerprint density at radius 3 is 2.02 bits per heavy atom. The molecule has 2 heterocycles. The van der Waals surface area contributed by atoms with E-state index in [0.717, 1.165) is 45.9 Å². The Labute approximate surface area is 275 Å². The number of nitrogens with two attached hydrogens (primary N) is 1. The third-order valence-corrected chi connectivity index (χ3v) is 12.8. The number of phenolic OH excluding ortho intramolecular Hbond substituents is 2. The zero-order chi connectivity index (χ0) is 34.4. The highest BCUT2D eigenvalue weighted by Gasteiger charge is 2.58. The van der Waals surface area contributed by atoms with Gasteiger partial charge in [0.05, 0.1) is 0 Å². The van der Waals surface area contributed by atoms with E-state index in [-0.39, 0.29) is 17.3 Å². The van der Waals surface area contributed by atoms with Gasteiger partial charge in [0.2, 0.25) is 0 Å². The second kappa shape index (κ2) is 15.4. The molecule has 0 aliphatic carbocycles. The maximum Gasteiger partial charge on any atom is 0.369 e. The van der Waals surface area contributed by atoms with E-state index in [1.807, 2.05) is 24.3 Å². The van der Waals surface area contributed by atoms with Gasteiger partial charge in [-0.1, -0.05) is 6.42 Å². The van der Waals surface area contributed by atoms with Crippen LogP contribution in [0.4, 0.5) is 0 Å². The molecule has 0 unspecified atom stereocenters. The van der Waals surface area contributed by atoms with Crippen LogP contribution in [0.3, 0.4) is 0 Å². The van der Waals surface area contributed by atoms with Crippen LogP contribution in [0.2, 0.25) is 0 Å². The predicted octanol–water partition coefficient (Wildman–Crippen LogP) is 4.41. The number of hydrogen-bond donors (Lipinski definition) is 8. The second-order valence-corrected chi connectivity index (χ2v) is 16.1. The first-order valence-corrected chi connectivity index (χ1v) is 18.8. The van der Waals surface area contributed by atoms with Gasteiger partial charge in [-0.15, -0.1) is 11.3 Å². The van der Waals surface area contributed by atoms with Crippen LogP contribution in [-0.2, 0) is 9.13 Å². The van der Waals surface area contributed by atoms with E-state index in [0.29, 0.717) is 17.7 Å². The van der Waals surface area contributed by atoms with E-state index in [4.69, 9.17) is 35.2 Å². The van der Waals surface area contributed by atoms with Crippen molar-refractivity contribution in [3.8, 4) is 27.7 Å². The van der Waals surface area contributed by atoms with Gasteiger partial charge in [0.25, 0.3) is 5.08 Å². The number of aromatic hydroxyl groups is 2. The topological polar surface area (TPSA) is 231 Å². The molecule has 3 aromatic carbocycles. The molecule has 0 atom stereocenters. The van der Waals surface area contributed by atoms with Crippen LogP contribution in [0.5, 0.6) is 17.2 Å². The lowest BCUT2D eigenvalue weighted by atomic mass is 9.97. The third-order valence-electron chi connectivity index (χ3n) is 7.68. The van der Waals surface area contributed by atoms with Crippen LogP contribution in [0.15, 0.2) is 66.7 Å². The van der Waals surface area contributed by atoms with Crippen molar-refractivity contribution >= 4 is 42.4 Å². The Morgan fingerprint density at radius 2 is 1.47 bits per heavy atom. The molecule has 13 nitrogen and oxygen atoms in total. The molecular formula is C31H38N2O11P2S. The Bertz CT molecular complexity index is 1740. The minimum Gasteiger partial charge on any atom is -0.508 e. The Balaban J connectivity index is 0.000000328. The van der Waals surface area contributed by atoms with Crippen molar-refractivity contribution in [1.82, 2.24) is 4.90 Å². The van der Waals surface area contributed by atoms with Gasteiger partial charge in [-0.2, -0.15) is 0 Å². The molecule has 0 radical (unpaired) electrons. The number of aliphatic hydroxyl groups is 1. The number of ether oxygens (including phenoxy) is 1. The number of piperidine rings is 1. The minimum atomic E-state index is -5.31. The van der Waals surface area contributed by atoms with Gasteiger partial charge in [0, 0.05) is 39.1 Å². The van der Waals surface area contributed by atoms with Crippen molar-refractivity contribution in [2.75, 3.05) is 32.8 Å². The molecule has 1 aliphatic rings. The van der Waals surface area contributed by atoms with Crippen LogP contribution in [-0.4, -0.2) is 83.4 Å². The first kappa shape index (κ1) is 36.7. The third kappa shape index (κ3) is 8.87. The smallest absolute Gasteiger partial charge is 0.369 e. The number of thiophene rings is 1. The van der Waals surface area contributed by atoms with Gasteiger partial charge in [0.15, 0.2) is 5.78 Å². The standard InChI is InChI=1S/C28H27NO4S.C3H11NO7P2/c30-21-8-4-20(5-9-21)28-26(24-13-10-22(31)18-25(24)34-28)27(32)19-6-11-23(12-7-19)33-17-16-29-14-2-1-3-15-29;4-2-1-3(5,12(6,7)8)13(9,10)11/h4-13,18,30-31H,1-3,14-17H2;5H,1-2,4H2,(H2,6,7,8)(H2,9,10,11). The zero-order valence-electron chi connectivity index (χ0n) is 25.3. The fourth-order valence-electron chi connectivity index (χ4n) is 5.10. The highest BCUT2D eigenvalue weighted by molar-refractivity contribution is 7.72. The number of nitrogens with zero attached hydrogens (tertiary/aromatic N) is 1. The number of ketones is 1. The van der Waals surface area contributed by atoms with Crippen LogP contribution in [0, 0.1) is 0 Å². The van der Waals surface area contributed by atoms with E-state index in [1.165, 1.54) is 30.6 Å². The predicted molar refractivity (Wildman–Crippen MR) is 179 cm³/mol. The molecule has 0 bridgehead atoms. The van der Waals surface area contributed by atoms with Crippen molar-refractivity contribution in [3.63, 3.8) is 0 Å². The molecule has 0 amide bonds. The van der Waals surface area contributed by atoms with Gasteiger partial charge in [0.1, 0.15) is 23.9 Å². The Morgan fingerprint density at radius 1 is 0.872 bits per heavy atom. The number of likely N-dealkylation sites (tertiary alicyclic amines) is 1. The van der Waals surface area contributed by atoms with E-state index >= 15 is 0 Å². The molecule has 1 fully saturated rings. The maximum absolute atomic E-state index is 13.6. The fourth-order valence-corrected chi connectivity index (χ4v) is 8.54. The number of carbonyl (C=O) groups excluding carboxylic acids is 1. The van der Waals surface area contributed by atoms with Crippen molar-refractivity contribution in [3.05, 3.63) is 77.9 Å². The second-order valence-electron chi connectivity index (χ2n) is 11.0. The number of carbonyl (C=O) groups is 1. The first-order valence-electron chi connectivity index (χ1n) is 14.7. The lowest BCUT2D eigenvalue weighted by molar-refractivity contribution is 0.104. The first-order chi connectivity index (χ1) is 22.1. The molecular weight excluding hydrogens is 670 g/mol. The molecule has 254 valence electrons. The quantitative estimate of drug-likeness (QED) is 0.0798. The molecule has 1 saturated heterocycles. The molecule has 5 rings (SSSR count). The fraction of sp³-hybridized carbons (Fsp3) is 0.323. The van der Waals surface area contributed by atoms with Crippen molar-refractivity contribution in [1.29, 1.82) is 0 Å². The van der Waals surface area contributed by atoms with E-state index in [1.54, 1.807) is 42.5 Å². The number of fused-ring (bicyclic) bond motifs is 1. The van der Waals surface area contributed by atoms with Crippen molar-refractivity contribution in [2.45, 2.75) is 30.8 Å².